The molecule has 0 bridgehead atoms. The van der Waals surface area contributed by atoms with Crippen molar-refractivity contribution in [3.05, 3.63) is 11.3 Å². The number of aliphatic carboxylic acids is 1. The zero-order chi connectivity index (χ0) is 13.7. The number of rotatable bonds is 3. The number of hydrogen-bond acceptors (Lipinski definition) is 5. The fourth-order valence-electron chi connectivity index (χ4n) is 3.43. The summed E-state index contributed by atoms with van der Waals surface area (Å²) in [5, 5.41) is 20.9. The van der Waals surface area contributed by atoms with E-state index >= 15 is 0 Å². The number of carboxylic acid groups (broad SMARTS) is 1. The van der Waals surface area contributed by atoms with Crippen LogP contribution in [-0.4, -0.2) is 46.7 Å². The molecule has 2 saturated heterocycles. The molecule has 6 nitrogen and oxygen atoms in total. The third kappa shape index (κ3) is 2.23. The smallest absolute Gasteiger partial charge is 0.543 e. The van der Waals surface area contributed by atoms with Gasteiger partial charge in [-0.15, -0.1) is 0 Å². The van der Waals surface area contributed by atoms with Crippen molar-refractivity contribution in [3.63, 3.8) is 0 Å². The summed E-state index contributed by atoms with van der Waals surface area (Å²) in [6.45, 7) is 2.18. The first-order valence-corrected chi connectivity index (χ1v) is 6.59. The van der Waals surface area contributed by atoms with Crippen LogP contribution in [0.1, 0.15) is 26.2 Å². The molecule has 3 aliphatic rings. The standard InChI is InChI=1S/C13H17NO5.Na/c1-6(15)10-8-5-7(9-3-2-4-19-9)11(13(17)18)14(8)12(10)16;/h6,8-10,15H,2-5H2,1H3,(H,17,18);/q;+1/p-1/t6-,8-,9-,10-;/m1./s1. The van der Waals surface area contributed by atoms with Gasteiger partial charge in [0.25, 0.3) is 0 Å². The van der Waals surface area contributed by atoms with E-state index in [-0.39, 0.29) is 53.3 Å². The Labute approximate surface area is 139 Å². The molecule has 0 unspecified atom stereocenters. The van der Waals surface area contributed by atoms with Crippen LogP contribution in [0.5, 0.6) is 0 Å². The quantitative estimate of drug-likeness (QED) is 0.420. The number of carbonyl (C=O) groups is 2. The minimum absolute atomic E-state index is 0. The molecule has 0 saturated carbocycles. The molecule has 0 aromatic carbocycles. The van der Waals surface area contributed by atoms with Crippen molar-refractivity contribution in [1.29, 1.82) is 0 Å². The summed E-state index contributed by atoms with van der Waals surface area (Å²) in [6.07, 6.45) is 1.16. The fourth-order valence-corrected chi connectivity index (χ4v) is 3.43. The number of β-lactam (4-membered cyclic amide) rings is 1. The number of fused-ring (bicyclic) bond motifs is 1. The summed E-state index contributed by atoms with van der Waals surface area (Å²) in [6, 6.07) is -0.250. The first kappa shape index (κ1) is 16.0. The van der Waals surface area contributed by atoms with E-state index in [4.69, 9.17) is 4.74 Å². The monoisotopic (exact) mass is 289 g/mol. The Morgan fingerprint density at radius 1 is 1.55 bits per heavy atom. The second-order valence-electron chi connectivity index (χ2n) is 5.41. The van der Waals surface area contributed by atoms with Crippen molar-refractivity contribution < 1.29 is 54.1 Å². The van der Waals surface area contributed by atoms with Gasteiger partial charge < -0.3 is 24.6 Å². The molecule has 2 fully saturated rings. The summed E-state index contributed by atoms with van der Waals surface area (Å²) in [5.74, 6) is -2.16. The number of aliphatic hydroxyl groups is 1. The van der Waals surface area contributed by atoms with E-state index in [9.17, 15) is 19.8 Å². The van der Waals surface area contributed by atoms with E-state index in [1.807, 2.05) is 0 Å². The normalized spacial score (nSPS) is 33.6. The minimum Gasteiger partial charge on any atom is -0.543 e. The van der Waals surface area contributed by atoms with E-state index in [1.54, 1.807) is 6.92 Å². The second kappa shape index (κ2) is 5.77. The third-order valence-electron chi connectivity index (χ3n) is 4.27. The fraction of sp³-hybridized carbons (Fsp3) is 0.692. The predicted molar refractivity (Wildman–Crippen MR) is 61.4 cm³/mol. The van der Waals surface area contributed by atoms with Crippen LogP contribution in [0, 0.1) is 5.92 Å². The third-order valence-corrected chi connectivity index (χ3v) is 4.27. The molecule has 0 radical (unpaired) electrons. The van der Waals surface area contributed by atoms with Crippen molar-refractivity contribution in [1.82, 2.24) is 4.90 Å². The Kier molecular flexibility index (Phi) is 4.61. The molecule has 1 N–H and O–H groups in total. The molecule has 3 aliphatic heterocycles. The van der Waals surface area contributed by atoms with Crippen LogP contribution in [0.25, 0.3) is 0 Å². The molecule has 104 valence electrons. The maximum absolute atomic E-state index is 12.0. The van der Waals surface area contributed by atoms with E-state index in [1.165, 1.54) is 4.90 Å². The largest absolute Gasteiger partial charge is 1.00 e. The molecule has 0 aromatic rings. The van der Waals surface area contributed by atoms with Gasteiger partial charge in [0.15, 0.2) is 0 Å². The average molecular weight is 289 g/mol. The molecule has 3 heterocycles. The Morgan fingerprint density at radius 2 is 2.25 bits per heavy atom. The van der Waals surface area contributed by atoms with Crippen molar-refractivity contribution in [2.75, 3.05) is 6.61 Å². The molecule has 0 aliphatic carbocycles. The van der Waals surface area contributed by atoms with Crippen LogP contribution in [0.15, 0.2) is 11.3 Å². The van der Waals surface area contributed by atoms with E-state index in [0.29, 0.717) is 18.6 Å². The number of amides is 1. The van der Waals surface area contributed by atoms with E-state index in [2.05, 4.69) is 0 Å². The topological polar surface area (TPSA) is 89.9 Å². The summed E-state index contributed by atoms with van der Waals surface area (Å²) in [4.78, 5) is 24.5. The summed E-state index contributed by atoms with van der Waals surface area (Å²) >= 11 is 0. The van der Waals surface area contributed by atoms with Gasteiger partial charge in [-0.1, -0.05) is 0 Å². The van der Waals surface area contributed by atoms with Gasteiger partial charge in [0.05, 0.1) is 35.8 Å². The molecular formula is C13H16NNaO5. The number of carboxylic acids is 1. The molecule has 0 aromatic heterocycles. The van der Waals surface area contributed by atoms with E-state index < -0.39 is 18.0 Å². The Bertz CT molecular complexity index is 469. The van der Waals surface area contributed by atoms with Gasteiger partial charge in [-0.05, 0) is 31.8 Å². The predicted octanol–water partition coefficient (Wildman–Crippen LogP) is -4.22. The Morgan fingerprint density at radius 3 is 2.75 bits per heavy atom. The van der Waals surface area contributed by atoms with Crippen LogP contribution in [0.3, 0.4) is 0 Å². The van der Waals surface area contributed by atoms with Gasteiger partial charge in [-0.25, -0.2) is 0 Å². The van der Waals surface area contributed by atoms with E-state index in [0.717, 1.165) is 12.8 Å². The summed E-state index contributed by atoms with van der Waals surface area (Å²) < 4.78 is 5.52. The molecule has 20 heavy (non-hydrogen) atoms. The molecule has 4 atom stereocenters. The number of carbonyl (C=O) groups excluding carboxylic acids is 2. The number of ether oxygens (including phenoxy) is 1. The number of nitrogens with zero attached hydrogens (tertiary/aromatic N) is 1. The molecular weight excluding hydrogens is 273 g/mol. The summed E-state index contributed by atoms with van der Waals surface area (Å²) in [7, 11) is 0. The van der Waals surface area contributed by atoms with Crippen LogP contribution in [0.2, 0.25) is 0 Å². The maximum atomic E-state index is 12.0. The van der Waals surface area contributed by atoms with Gasteiger partial charge >= 0.3 is 29.6 Å². The van der Waals surface area contributed by atoms with Crippen LogP contribution >= 0.6 is 0 Å². The molecule has 0 spiro atoms. The number of hydrogen-bond donors (Lipinski definition) is 1. The Balaban J connectivity index is 0.00000147. The summed E-state index contributed by atoms with van der Waals surface area (Å²) in [5.41, 5.74) is 0.623. The average Bonchev–Trinajstić information content (AvgIpc) is 2.92. The zero-order valence-electron chi connectivity index (χ0n) is 11.7. The van der Waals surface area contributed by atoms with Crippen LogP contribution in [-0.2, 0) is 14.3 Å². The molecule has 1 amide bonds. The Hall–Kier alpha value is -0.400. The minimum atomic E-state index is -1.33. The second-order valence-corrected chi connectivity index (χ2v) is 5.41. The number of aliphatic hydroxyl groups excluding tert-OH is 1. The first-order valence-electron chi connectivity index (χ1n) is 6.59. The molecule has 7 heteroatoms. The van der Waals surface area contributed by atoms with Gasteiger partial charge in [-0.3, -0.25) is 4.79 Å². The molecule has 3 rings (SSSR count). The van der Waals surface area contributed by atoms with Crippen molar-refractivity contribution in [3.8, 4) is 0 Å². The zero-order valence-corrected chi connectivity index (χ0v) is 13.7. The van der Waals surface area contributed by atoms with Crippen LogP contribution in [0.4, 0.5) is 0 Å². The van der Waals surface area contributed by atoms with Gasteiger partial charge in [0.1, 0.15) is 0 Å². The van der Waals surface area contributed by atoms with Crippen molar-refractivity contribution >= 4 is 11.9 Å². The van der Waals surface area contributed by atoms with Gasteiger partial charge in [0.2, 0.25) is 5.91 Å². The first-order chi connectivity index (χ1) is 9.02. The van der Waals surface area contributed by atoms with Crippen molar-refractivity contribution in [2.45, 2.75) is 44.4 Å². The van der Waals surface area contributed by atoms with Crippen LogP contribution < -0.4 is 34.7 Å². The maximum Gasteiger partial charge on any atom is 1.00 e. The SMILES string of the molecule is C[C@@H](O)[C@H]1C(=O)N2C(C(=O)[O-])=C([C@H]3CCCO3)C[C@H]12.[Na+]. The van der Waals surface area contributed by atoms with Crippen molar-refractivity contribution in [2.24, 2.45) is 5.92 Å². The van der Waals surface area contributed by atoms with Gasteiger partial charge in [0, 0.05) is 6.61 Å². The van der Waals surface area contributed by atoms with Gasteiger partial charge in [-0.2, -0.15) is 0 Å².